The maximum Gasteiger partial charge on any atom is 0.226 e. The molecule has 2 heterocycles. The van der Waals surface area contributed by atoms with Gasteiger partial charge in [0.1, 0.15) is 0 Å². The van der Waals surface area contributed by atoms with Crippen molar-refractivity contribution in [3.8, 4) is 0 Å². The Balaban J connectivity index is 1.70. The van der Waals surface area contributed by atoms with Gasteiger partial charge in [0.15, 0.2) is 3.95 Å². The highest BCUT2D eigenvalue weighted by molar-refractivity contribution is 7.73. The second kappa shape index (κ2) is 8.10. The van der Waals surface area contributed by atoms with Crippen LogP contribution in [-0.2, 0) is 11.3 Å². The highest BCUT2D eigenvalue weighted by Gasteiger charge is 2.06. The maximum absolute atomic E-state index is 12.1. The summed E-state index contributed by atoms with van der Waals surface area (Å²) in [4.78, 5) is 13.3. The van der Waals surface area contributed by atoms with Crippen LogP contribution in [0, 0.1) is 3.95 Å². The number of hydrogen-bond acceptors (Lipinski definition) is 4. The number of hydrogen-bond donors (Lipinski definition) is 1. The average molecular weight is 407 g/mol. The summed E-state index contributed by atoms with van der Waals surface area (Å²) in [5.74, 6) is -0.0707. The Kier molecular flexibility index (Phi) is 5.86. The van der Waals surface area contributed by atoms with E-state index in [2.05, 4.69) is 24.0 Å². The molecule has 0 fully saturated rings. The first-order chi connectivity index (χ1) is 12.0. The lowest BCUT2D eigenvalue weighted by atomic mass is 10.3. The predicted octanol–water partition coefficient (Wildman–Crippen LogP) is 4.26. The van der Waals surface area contributed by atoms with E-state index in [1.165, 1.54) is 11.3 Å². The quantitative estimate of drug-likeness (QED) is 0.642. The normalized spacial score (nSPS) is 11.6. The summed E-state index contributed by atoms with van der Waals surface area (Å²) in [6.07, 6.45) is 2.41. The molecule has 2 aromatic heterocycles. The van der Waals surface area contributed by atoms with E-state index in [0.29, 0.717) is 18.0 Å². The fourth-order valence-corrected chi connectivity index (χ4v) is 4.51. The molecule has 0 unspecified atom stereocenters. The molecule has 3 nitrogen and oxygen atoms in total. The van der Waals surface area contributed by atoms with Crippen LogP contribution >= 0.6 is 46.5 Å². The van der Waals surface area contributed by atoms with Crippen molar-refractivity contribution in [3.05, 3.63) is 65.5 Å². The third-order valence-electron chi connectivity index (χ3n) is 3.53. The number of halogens is 1. The summed E-state index contributed by atoms with van der Waals surface area (Å²) in [5.41, 5.74) is 0.727. The number of carbonyl (C=O) groups excluding carboxylic acids is 1. The Morgan fingerprint density at radius 2 is 2.08 bits per heavy atom. The Morgan fingerprint density at radius 3 is 2.76 bits per heavy atom. The molecule has 7 heteroatoms. The molecule has 0 radical (unpaired) electrons. The molecule has 1 aromatic carbocycles. The van der Waals surface area contributed by atoms with Crippen molar-refractivity contribution in [2.45, 2.75) is 13.0 Å². The van der Waals surface area contributed by atoms with Crippen molar-refractivity contribution >= 4 is 70.7 Å². The summed E-state index contributed by atoms with van der Waals surface area (Å²) in [5, 5.41) is 6.37. The molecule has 0 saturated carbocycles. The van der Waals surface area contributed by atoms with Gasteiger partial charge in [0.2, 0.25) is 5.91 Å². The lowest BCUT2D eigenvalue weighted by molar-refractivity contribution is -0.116. The van der Waals surface area contributed by atoms with Crippen LogP contribution < -0.4 is 15.2 Å². The van der Waals surface area contributed by atoms with Crippen molar-refractivity contribution in [1.29, 1.82) is 0 Å². The molecule has 0 spiro atoms. The number of aromatic nitrogens is 1. The molecule has 128 valence electrons. The van der Waals surface area contributed by atoms with Gasteiger partial charge in [-0.2, -0.15) is 0 Å². The van der Waals surface area contributed by atoms with Gasteiger partial charge in [-0.05, 0) is 54.0 Å². The van der Waals surface area contributed by atoms with Crippen LogP contribution in [-0.4, -0.2) is 10.5 Å². The molecule has 3 rings (SSSR count). The zero-order valence-electron chi connectivity index (χ0n) is 13.2. The number of thiazole rings is 1. The lowest BCUT2D eigenvalue weighted by Crippen LogP contribution is -2.28. The number of rotatable bonds is 5. The highest BCUT2D eigenvalue weighted by atomic mass is 35.5. The van der Waals surface area contributed by atoms with Crippen LogP contribution in [0.25, 0.3) is 12.7 Å². The standard InChI is InChI=1S/C18H15ClN2OS3/c1-12-16(11-15-3-2-10-24-15)25-18(23)21(12)9-8-17(22)20-14-6-4-13(19)5-7-14/h2-7,10-11H,1,8-9H2,(H,20,22)/b16-11-. The molecule has 0 aliphatic carbocycles. The number of benzene rings is 1. The highest BCUT2D eigenvalue weighted by Crippen LogP contribution is 2.13. The minimum absolute atomic E-state index is 0.0707. The molecular weight excluding hydrogens is 392 g/mol. The van der Waals surface area contributed by atoms with Gasteiger partial charge in [0, 0.05) is 28.6 Å². The van der Waals surface area contributed by atoms with Crippen molar-refractivity contribution in [2.75, 3.05) is 5.32 Å². The number of anilines is 1. The van der Waals surface area contributed by atoms with Crippen LogP contribution in [0.1, 0.15) is 11.3 Å². The van der Waals surface area contributed by atoms with Crippen LogP contribution in [0.3, 0.4) is 0 Å². The minimum atomic E-state index is -0.0707. The SMILES string of the molecule is C=c1/c(=C/c2cccs2)sc(=S)n1CCC(=O)Nc1ccc(Cl)cc1. The summed E-state index contributed by atoms with van der Waals surface area (Å²) >= 11 is 14.5. The van der Waals surface area contributed by atoms with Gasteiger partial charge in [-0.1, -0.05) is 24.2 Å². The molecular formula is C18H15ClN2OS3. The predicted molar refractivity (Wildman–Crippen MR) is 110 cm³/mol. The molecule has 1 amide bonds. The first kappa shape index (κ1) is 18.1. The Bertz CT molecular complexity index is 1030. The van der Waals surface area contributed by atoms with Gasteiger partial charge >= 0.3 is 0 Å². The van der Waals surface area contributed by atoms with Gasteiger partial charge in [0.25, 0.3) is 0 Å². The van der Waals surface area contributed by atoms with E-state index in [4.69, 9.17) is 23.8 Å². The topological polar surface area (TPSA) is 34.0 Å². The summed E-state index contributed by atoms with van der Waals surface area (Å²) in [6, 6.07) is 11.1. The Morgan fingerprint density at radius 1 is 1.32 bits per heavy atom. The Hall–Kier alpha value is -1.73. The van der Waals surface area contributed by atoms with E-state index in [0.717, 1.165) is 24.4 Å². The fourth-order valence-electron chi connectivity index (χ4n) is 2.26. The molecule has 0 saturated heterocycles. The van der Waals surface area contributed by atoms with Crippen molar-refractivity contribution in [1.82, 2.24) is 4.57 Å². The Labute approximate surface area is 163 Å². The van der Waals surface area contributed by atoms with E-state index in [9.17, 15) is 4.79 Å². The number of amides is 1. The van der Waals surface area contributed by atoms with Gasteiger partial charge in [-0.15, -0.1) is 22.7 Å². The van der Waals surface area contributed by atoms with Crippen LogP contribution in [0.4, 0.5) is 5.69 Å². The zero-order valence-corrected chi connectivity index (χ0v) is 16.4. The maximum atomic E-state index is 12.1. The minimum Gasteiger partial charge on any atom is -0.326 e. The smallest absolute Gasteiger partial charge is 0.226 e. The van der Waals surface area contributed by atoms with Gasteiger partial charge in [-0.3, -0.25) is 4.79 Å². The number of nitrogens with zero attached hydrogens (tertiary/aromatic N) is 1. The monoisotopic (exact) mass is 406 g/mol. The largest absolute Gasteiger partial charge is 0.326 e. The summed E-state index contributed by atoms with van der Waals surface area (Å²) in [7, 11) is 0. The first-order valence-corrected chi connectivity index (χ1v) is 10.0. The first-order valence-electron chi connectivity index (χ1n) is 7.52. The zero-order chi connectivity index (χ0) is 17.8. The van der Waals surface area contributed by atoms with Crippen molar-refractivity contribution < 1.29 is 4.79 Å². The average Bonchev–Trinajstić information content (AvgIpc) is 3.18. The molecule has 0 aliphatic rings. The van der Waals surface area contributed by atoms with E-state index in [-0.39, 0.29) is 5.91 Å². The van der Waals surface area contributed by atoms with Crippen molar-refractivity contribution in [3.63, 3.8) is 0 Å². The third kappa shape index (κ3) is 4.67. The van der Waals surface area contributed by atoms with Gasteiger partial charge in [-0.25, -0.2) is 0 Å². The van der Waals surface area contributed by atoms with Crippen molar-refractivity contribution in [2.24, 2.45) is 0 Å². The van der Waals surface area contributed by atoms with E-state index < -0.39 is 0 Å². The van der Waals surface area contributed by atoms with Crippen LogP contribution in [0.15, 0.2) is 41.8 Å². The fraction of sp³-hybridized carbons (Fsp3) is 0.111. The van der Waals surface area contributed by atoms with E-state index in [1.54, 1.807) is 35.6 Å². The van der Waals surface area contributed by atoms with Gasteiger partial charge in [0.05, 0.1) is 9.88 Å². The third-order valence-corrected chi connectivity index (χ3v) is 6.04. The molecule has 1 N–H and O–H groups in total. The second-order valence-corrected chi connectivity index (χ2v) is 8.39. The van der Waals surface area contributed by atoms with Crippen LogP contribution in [0.5, 0.6) is 0 Å². The molecule has 3 aromatic rings. The number of carbonyl (C=O) groups is 1. The molecule has 25 heavy (non-hydrogen) atoms. The number of nitrogens with one attached hydrogen (secondary N) is 1. The second-order valence-electron chi connectivity index (χ2n) is 5.30. The van der Waals surface area contributed by atoms with E-state index in [1.807, 2.05) is 16.0 Å². The number of thiophene rings is 1. The summed E-state index contributed by atoms with van der Waals surface area (Å²) in [6.45, 7) is 4.63. The lowest BCUT2D eigenvalue weighted by Gasteiger charge is -2.06. The van der Waals surface area contributed by atoms with E-state index >= 15 is 0 Å². The molecule has 0 atom stereocenters. The summed E-state index contributed by atoms with van der Waals surface area (Å²) < 4.78 is 3.68. The van der Waals surface area contributed by atoms with Gasteiger partial charge < -0.3 is 9.88 Å². The molecule has 0 aliphatic heterocycles. The molecule has 0 bridgehead atoms. The van der Waals surface area contributed by atoms with Crippen LogP contribution in [0.2, 0.25) is 5.02 Å².